The molecule has 5 nitrogen and oxygen atoms in total. The molecule has 1 aromatic heterocycles. The van der Waals surface area contributed by atoms with Gasteiger partial charge in [0.25, 0.3) is 0 Å². The Bertz CT molecular complexity index is 646. The summed E-state index contributed by atoms with van der Waals surface area (Å²) in [5.74, 6) is 0.440. The van der Waals surface area contributed by atoms with Crippen molar-refractivity contribution in [2.24, 2.45) is 11.8 Å². The molecule has 24 heavy (non-hydrogen) atoms. The number of allylic oxidation sites excluding steroid dienone is 4. The number of likely N-dealkylation sites (tertiary alicyclic amines) is 1. The van der Waals surface area contributed by atoms with Crippen LogP contribution >= 0.6 is 0 Å². The van der Waals surface area contributed by atoms with E-state index in [2.05, 4.69) is 22.2 Å². The minimum Gasteiger partial charge on any atom is -0.340 e. The SMILES string of the molecule is Cc1cnc(CN[C@@H]2CN(C(=O)C3C=CC=CC=C3)C[C@H]2C)cn1. The molecule has 1 aromatic rings. The van der Waals surface area contributed by atoms with Crippen molar-refractivity contribution in [2.75, 3.05) is 13.1 Å². The molecular formula is C19H24N4O. The zero-order valence-electron chi connectivity index (χ0n) is 14.2. The van der Waals surface area contributed by atoms with Gasteiger partial charge in [-0.1, -0.05) is 43.4 Å². The average molecular weight is 324 g/mol. The van der Waals surface area contributed by atoms with Gasteiger partial charge in [0.1, 0.15) is 0 Å². The molecule has 0 unspecified atom stereocenters. The number of nitrogens with zero attached hydrogens (tertiary/aromatic N) is 3. The van der Waals surface area contributed by atoms with Gasteiger partial charge in [0.05, 0.1) is 17.3 Å². The monoisotopic (exact) mass is 324 g/mol. The Morgan fingerprint density at radius 1 is 1.17 bits per heavy atom. The molecule has 0 bridgehead atoms. The highest BCUT2D eigenvalue weighted by Gasteiger charge is 2.33. The zero-order chi connectivity index (χ0) is 16.9. The molecule has 0 saturated carbocycles. The molecule has 126 valence electrons. The Morgan fingerprint density at radius 2 is 1.92 bits per heavy atom. The smallest absolute Gasteiger partial charge is 0.233 e. The van der Waals surface area contributed by atoms with Gasteiger partial charge in [-0.3, -0.25) is 14.8 Å². The summed E-state index contributed by atoms with van der Waals surface area (Å²) < 4.78 is 0. The van der Waals surface area contributed by atoms with E-state index in [0.29, 0.717) is 12.5 Å². The van der Waals surface area contributed by atoms with Gasteiger partial charge in [-0.15, -0.1) is 0 Å². The van der Waals surface area contributed by atoms with Crippen LogP contribution in [0.15, 0.2) is 48.8 Å². The molecule has 1 aliphatic heterocycles. The first-order valence-corrected chi connectivity index (χ1v) is 8.45. The van der Waals surface area contributed by atoms with Crippen LogP contribution in [-0.4, -0.2) is 39.9 Å². The van der Waals surface area contributed by atoms with Gasteiger partial charge < -0.3 is 10.2 Å². The van der Waals surface area contributed by atoms with Crippen LogP contribution in [0, 0.1) is 18.8 Å². The Morgan fingerprint density at radius 3 is 2.58 bits per heavy atom. The van der Waals surface area contributed by atoms with Crippen LogP contribution in [0.3, 0.4) is 0 Å². The van der Waals surface area contributed by atoms with Crippen LogP contribution < -0.4 is 5.32 Å². The highest BCUT2D eigenvalue weighted by atomic mass is 16.2. The molecule has 1 amide bonds. The molecule has 1 aliphatic carbocycles. The minimum atomic E-state index is -0.158. The molecule has 3 rings (SSSR count). The number of carbonyl (C=O) groups is 1. The van der Waals surface area contributed by atoms with Gasteiger partial charge in [-0.05, 0) is 12.8 Å². The maximum atomic E-state index is 12.7. The maximum Gasteiger partial charge on any atom is 0.233 e. The fourth-order valence-electron chi connectivity index (χ4n) is 3.09. The molecule has 1 N–H and O–H groups in total. The van der Waals surface area contributed by atoms with E-state index in [9.17, 15) is 4.79 Å². The van der Waals surface area contributed by atoms with Gasteiger partial charge >= 0.3 is 0 Å². The Labute approximate surface area is 143 Å². The van der Waals surface area contributed by atoms with Crippen LogP contribution in [0.1, 0.15) is 18.3 Å². The van der Waals surface area contributed by atoms with E-state index in [4.69, 9.17) is 0 Å². The lowest BCUT2D eigenvalue weighted by Crippen LogP contribution is -2.38. The predicted octanol–water partition coefficient (Wildman–Crippen LogP) is 2.02. The largest absolute Gasteiger partial charge is 0.340 e. The molecule has 0 aromatic carbocycles. The molecule has 1 fully saturated rings. The van der Waals surface area contributed by atoms with Crippen LogP contribution in [0.2, 0.25) is 0 Å². The topological polar surface area (TPSA) is 58.1 Å². The molecule has 5 heteroatoms. The van der Waals surface area contributed by atoms with Crippen molar-refractivity contribution in [3.8, 4) is 0 Å². The van der Waals surface area contributed by atoms with Crippen molar-refractivity contribution in [1.82, 2.24) is 20.2 Å². The summed E-state index contributed by atoms with van der Waals surface area (Å²) in [7, 11) is 0. The third-order valence-electron chi connectivity index (χ3n) is 4.56. The van der Waals surface area contributed by atoms with Crippen LogP contribution in [-0.2, 0) is 11.3 Å². The van der Waals surface area contributed by atoms with E-state index in [-0.39, 0.29) is 17.9 Å². The fourth-order valence-corrected chi connectivity index (χ4v) is 3.09. The van der Waals surface area contributed by atoms with Crippen molar-refractivity contribution in [3.63, 3.8) is 0 Å². The van der Waals surface area contributed by atoms with Crippen LogP contribution in [0.4, 0.5) is 0 Å². The van der Waals surface area contributed by atoms with E-state index in [0.717, 1.165) is 24.5 Å². The molecule has 2 aliphatic rings. The fraction of sp³-hybridized carbons (Fsp3) is 0.421. The summed E-state index contributed by atoms with van der Waals surface area (Å²) in [6.07, 6.45) is 15.3. The lowest BCUT2D eigenvalue weighted by molar-refractivity contribution is -0.131. The molecule has 0 spiro atoms. The molecular weight excluding hydrogens is 300 g/mol. The Balaban J connectivity index is 1.56. The maximum absolute atomic E-state index is 12.7. The Hall–Kier alpha value is -2.27. The first-order chi connectivity index (χ1) is 11.6. The van der Waals surface area contributed by atoms with Crippen molar-refractivity contribution in [3.05, 3.63) is 60.2 Å². The summed E-state index contributed by atoms with van der Waals surface area (Å²) >= 11 is 0. The van der Waals surface area contributed by atoms with Crippen molar-refractivity contribution < 1.29 is 4.79 Å². The number of rotatable bonds is 4. The van der Waals surface area contributed by atoms with Crippen molar-refractivity contribution in [2.45, 2.75) is 26.4 Å². The molecule has 2 heterocycles. The summed E-state index contributed by atoms with van der Waals surface area (Å²) in [6.45, 7) is 6.33. The van der Waals surface area contributed by atoms with Crippen LogP contribution in [0.25, 0.3) is 0 Å². The lowest BCUT2D eigenvalue weighted by atomic mass is 10.1. The molecule has 0 radical (unpaired) electrons. The second-order valence-electron chi connectivity index (χ2n) is 6.54. The number of aromatic nitrogens is 2. The van der Waals surface area contributed by atoms with Gasteiger partial charge in [-0.2, -0.15) is 0 Å². The van der Waals surface area contributed by atoms with E-state index >= 15 is 0 Å². The third kappa shape index (κ3) is 3.97. The first-order valence-electron chi connectivity index (χ1n) is 8.45. The van der Waals surface area contributed by atoms with Gasteiger partial charge in [-0.25, -0.2) is 0 Å². The predicted molar refractivity (Wildman–Crippen MR) is 94.1 cm³/mol. The summed E-state index contributed by atoms with van der Waals surface area (Å²) in [6, 6.07) is 0.286. The highest BCUT2D eigenvalue weighted by molar-refractivity contribution is 5.83. The van der Waals surface area contributed by atoms with Crippen LogP contribution in [0.5, 0.6) is 0 Å². The van der Waals surface area contributed by atoms with Gasteiger partial charge in [0.15, 0.2) is 0 Å². The summed E-state index contributed by atoms with van der Waals surface area (Å²) in [4.78, 5) is 23.3. The van der Waals surface area contributed by atoms with Crippen molar-refractivity contribution >= 4 is 5.91 Å². The summed E-state index contributed by atoms with van der Waals surface area (Å²) in [5, 5.41) is 3.52. The molecule has 1 saturated heterocycles. The number of carbonyl (C=O) groups excluding carboxylic acids is 1. The van der Waals surface area contributed by atoms with E-state index in [1.807, 2.05) is 48.3 Å². The average Bonchev–Trinajstić information content (AvgIpc) is 2.78. The summed E-state index contributed by atoms with van der Waals surface area (Å²) in [5.41, 5.74) is 1.85. The number of nitrogens with one attached hydrogen (secondary N) is 1. The zero-order valence-corrected chi connectivity index (χ0v) is 14.2. The number of amides is 1. The Kier molecular flexibility index (Phi) is 5.20. The van der Waals surface area contributed by atoms with Crippen molar-refractivity contribution in [1.29, 1.82) is 0 Å². The normalized spacial score (nSPS) is 23.7. The van der Waals surface area contributed by atoms with E-state index < -0.39 is 0 Å². The minimum absolute atomic E-state index is 0.158. The number of aryl methyl sites for hydroxylation is 1. The van der Waals surface area contributed by atoms with Gasteiger partial charge in [0.2, 0.25) is 5.91 Å². The molecule has 2 atom stereocenters. The number of hydrogen-bond donors (Lipinski definition) is 1. The number of hydrogen-bond acceptors (Lipinski definition) is 4. The third-order valence-corrected chi connectivity index (χ3v) is 4.56. The second kappa shape index (κ2) is 7.53. The lowest BCUT2D eigenvalue weighted by Gasteiger charge is -2.20. The quantitative estimate of drug-likeness (QED) is 0.920. The standard InChI is InChI=1S/C19H24N4O/c1-14-12-23(19(24)16-7-5-3-4-6-8-16)13-18(14)22-11-17-10-20-15(2)9-21-17/h3-10,14,16,18,22H,11-13H2,1-2H3/t14-,18-/m1/s1. The van der Waals surface area contributed by atoms with E-state index in [1.165, 1.54) is 0 Å². The first kappa shape index (κ1) is 16.6. The van der Waals surface area contributed by atoms with Gasteiger partial charge in [0, 0.05) is 38.1 Å². The highest BCUT2D eigenvalue weighted by Crippen LogP contribution is 2.20. The second-order valence-corrected chi connectivity index (χ2v) is 6.54. The van der Waals surface area contributed by atoms with E-state index in [1.54, 1.807) is 12.4 Å².